The maximum Gasteiger partial charge on any atom is 0.273 e. The highest BCUT2D eigenvalue weighted by Crippen LogP contribution is 2.49. The second-order valence-electron chi connectivity index (χ2n) is 7.18. The van der Waals surface area contributed by atoms with Crippen LogP contribution in [0.25, 0.3) is 11.3 Å². The fourth-order valence-corrected chi connectivity index (χ4v) is 3.16. The SMILES string of the molecule is [2H]C([2H])([2H])NC(=O)c1nnc(NC(=O)C2CC2(F)F)cc1Nc1cccc(-c2cnn(C)n2)c1OC. The van der Waals surface area contributed by atoms with E-state index >= 15 is 0 Å². The molecule has 1 aliphatic rings. The second-order valence-corrected chi connectivity index (χ2v) is 7.18. The maximum absolute atomic E-state index is 13.3. The van der Waals surface area contributed by atoms with E-state index < -0.39 is 42.7 Å². The van der Waals surface area contributed by atoms with Crippen LogP contribution in [0.1, 0.15) is 21.0 Å². The average molecular weight is 461 g/mol. The number of nitrogens with one attached hydrogen (secondary N) is 3. The van der Waals surface area contributed by atoms with Gasteiger partial charge in [-0.15, -0.1) is 10.2 Å². The molecule has 3 N–H and O–H groups in total. The topological polar surface area (TPSA) is 136 Å². The Kier molecular flexibility index (Phi) is 4.69. The maximum atomic E-state index is 13.3. The lowest BCUT2D eigenvalue weighted by Gasteiger charge is -2.16. The Morgan fingerprint density at radius 1 is 1.30 bits per heavy atom. The molecule has 11 nitrogen and oxygen atoms in total. The highest BCUT2D eigenvalue weighted by Gasteiger charge is 2.61. The molecule has 0 spiro atoms. The Morgan fingerprint density at radius 2 is 2.09 bits per heavy atom. The van der Waals surface area contributed by atoms with Gasteiger partial charge in [0.2, 0.25) is 5.91 Å². The van der Waals surface area contributed by atoms with E-state index in [4.69, 9.17) is 8.85 Å². The van der Waals surface area contributed by atoms with Gasteiger partial charge in [0.25, 0.3) is 11.8 Å². The number of amides is 2. The summed E-state index contributed by atoms with van der Waals surface area (Å²) in [6, 6.07) is 6.17. The number of methoxy groups -OCH3 is 1. The van der Waals surface area contributed by atoms with Crippen LogP contribution in [0.4, 0.5) is 26.0 Å². The highest BCUT2D eigenvalue weighted by atomic mass is 19.3. The van der Waals surface area contributed by atoms with E-state index in [0.717, 1.165) is 0 Å². The zero-order chi connectivity index (χ0) is 26.3. The first kappa shape index (κ1) is 18.4. The number of aromatic nitrogens is 5. The van der Waals surface area contributed by atoms with Gasteiger partial charge in [-0.25, -0.2) is 8.78 Å². The summed E-state index contributed by atoms with van der Waals surface area (Å²) in [5.74, 6) is -6.53. The van der Waals surface area contributed by atoms with Crippen molar-refractivity contribution in [3.63, 3.8) is 0 Å². The summed E-state index contributed by atoms with van der Waals surface area (Å²) in [4.78, 5) is 26.1. The monoisotopic (exact) mass is 461 g/mol. The molecule has 0 radical (unpaired) electrons. The van der Waals surface area contributed by atoms with E-state index in [1.807, 2.05) is 5.32 Å². The predicted molar refractivity (Wildman–Crippen MR) is 113 cm³/mol. The number of ether oxygens (including phenoxy) is 1. The summed E-state index contributed by atoms with van der Waals surface area (Å²) in [7, 11) is 3.05. The zero-order valence-electron chi connectivity index (χ0n) is 20.4. The fraction of sp³-hybridized carbons (Fsp3) is 0.300. The molecule has 1 fully saturated rings. The molecular formula is C20H20F2N8O3. The van der Waals surface area contributed by atoms with E-state index in [9.17, 15) is 18.4 Å². The molecule has 1 aliphatic carbocycles. The van der Waals surface area contributed by atoms with Gasteiger partial charge in [0, 0.05) is 36.2 Å². The number of aryl methyl sites for hydroxylation is 1. The van der Waals surface area contributed by atoms with Crippen molar-refractivity contribution in [2.75, 3.05) is 24.7 Å². The summed E-state index contributed by atoms with van der Waals surface area (Å²) < 4.78 is 53.9. The number of rotatable bonds is 7. The minimum atomic E-state index is -3.09. The molecule has 1 atom stereocenters. The Hall–Kier alpha value is -4.16. The third kappa shape index (κ3) is 4.42. The highest BCUT2D eigenvalue weighted by molar-refractivity contribution is 6.00. The van der Waals surface area contributed by atoms with Gasteiger partial charge in [0.15, 0.2) is 17.3 Å². The van der Waals surface area contributed by atoms with Gasteiger partial charge in [-0.2, -0.15) is 15.0 Å². The van der Waals surface area contributed by atoms with E-state index in [1.165, 1.54) is 24.2 Å². The Bertz CT molecular complexity index is 1330. The largest absolute Gasteiger partial charge is 0.494 e. The van der Waals surface area contributed by atoms with Gasteiger partial charge in [-0.1, -0.05) is 6.07 Å². The van der Waals surface area contributed by atoms with Crippen molar-refractivity contribution in [1.82, 2.24) is 30.5 Å². The number of halogens is 2. The van der Waals surface area contributed by atoms with Crippen LogP contribution in [-0.2, 0) is 11.8 Å². The van der Waals surface area contributed by atoms with Gasteiger partial charge in [0.05, 0.1) is 24.7 Å². The molecular weight excluding hydrogens is 438 g/mol. The number of alkyl halides is 2. The minimum Gasteiger partial charge on any atom is -0.494 e. The summed E-state index contributed by atoms with van der Waals surface area (Å²) in [6.45, 7) is -2.82. The fourth-order valence-electron chi connectivity index (χ4n) is 3.16. The van der Waals surface area contributed by atoms with Crippen molar-refractivity contribution in [3.05, 3.63) is 36.2 Å². The lowest BCUT2D eigenvalue weighted by molar-refractivity contribution is -0.119. The number of anilines is 3. The zero-order valence-corrected chi connectivity index (χ0v) is 17.4. The number of para-hydroxylation sites is 1. The summed E-state index contributed by atoms with van der Waals surface area (Å²) in [6.07, 6.45) is 0.939. The normalized spacial score (nSPS) is 17.8. The van der Waals surface area contributed by atoms with Gasteiger partial charge in [0.1, 0.15) is 11.6 Å². The minimum absolute atomic E-state index is 0.0702. The average Bonchev–Trinajstić information content (AvgIpc) is 3.21. The van der Waals surface area contributed by atoms with Crippen molar-refractivity contribution in [2.24, 2.45) is 13.0 Å². The summed E-state index contributed by atoms with van der Waals surface area (Å²) in [5, 5.41) is 22.7. The van der Waals surface area contributed by atoms with Crippen LogP contribution >= 0.6 is 0 Å². The van der Waals surface area contributed by atoms with Crippen LogP contribution in [0.15, 0.2) is 30.5 Å². The third-order valence-corrected chi connectivity index (χ3v) is 4.88. The molecule has 4 rings (SSSR count). The Morgan fingerprint density at radius 3 is 2.73 bits per heavy atom. The third-order valence-electron chi connectivity index (χ3n) is 4.88. The van der Waals surface area contributed by atoms with Crippen molar-refractivity contribution in [3.8, 4) is 17.0 Å². The number of hydrogen-bond donors (Lipinski definition) is 3. The number of carbonyl (C=O) groups excluding carboxylic acids is 2. The van der Waals surface area contributed by atoms with Crippen molar-refractivity contribution >= 4 is 29.0 Å². The number of benzene rings is 1. The number of hydrogen-bond acceptors (Lipinski definition) is 8. The molecule has 13 heteroatoms. The van der Waals surface area contributed by atoms with E-state index in [2.05, 4.69) is 31.0 Å². The Labute approximate surface area is 190 Å². The lowest BCUT2D eigenvalue weighted by atomic mass is 10.1. The van der Waals surface area contributed by atoms with Crippen molar-refractivity contribution in [2.45, 2.75) is 12.3 Å². The summed E-state index contributed by atoms with van der Waals surface area (Å²) in [5.41, 5.74) is 0.870. The first-order valence-corrected chi connectivity index (χ1v) is 9.57. The van der Waals surface area contributed by atoms with Gasteiger partial charge >= 0.3 is 0 Å². The van der Waals surface area contributed by atoms with Crippen LogP contribution < -0.4 is 20.7 Å². The molecule has 2 amide bonds. The van der Waals surface area contributed by atoms with E-state index in [1.54, 1.807) is 25.2 Å². The molecule has 1 saturated carbocycles. The van der Waals surface area contributed by atoms with Crippen LogP contribution in [0.2, 0.25) is 0 Å². The van der Waals surface area contributed by atoms with Crippen LogP contribution in [0.3, 0.4) is 0 Å². The predicted octanol–water partition coefficient (Wildman–Crippen LogP) is 1.98. The number of carbonyl (C=O) groups is 2. The number of nitrogens with zero attached hydrogens (tertiary/aromatic N) is 5. The van der Waals surface area contributed by atoms with Crippen LogP contribution in [0, 0.1) is 5.92 Å². The van der Waals surface area contributed by atoms with E-state index in [-0.39, 0.29) is 11.5 Å². The molecule has 2 aromatic heterocycles. The van der Waals surface area contributed by atoms with Crippen molar-refractivity contribution in [1.29, 1.82) is 0 Å². The Balaban J connectivity index is 1.71. The molecule has 1 aromatic carbocycles. The molecule has 0 aliphatic heterocycles. The van der Waals surface area contributed by atoms with Crippen molar-refractivity contribution < 1.29 is 27.2 Å². The summed E-state index contributed by atoms with van der Waals surface area (Å²) >= 11 is 0. The van der Waals surface area contributed by atoms with Crippen LogP contribution in [0.5, 0.6) is 5.75 Å². The lowest BCUT2D eigenvalue weighted by Crippen LogP contribution is -2.23. The van der Waals surface area contributed by atoms with E-state index in [0.29, 0.717) is 22.7 Å². The molecule has 0 saturated heterocycles. The molecule has 33 heavy (non-hydrogen) atoms. The molecule has 1 unspecified atom stereocenters. The van der Waals surface area contributed by atoms with Gasteiger partial charge in [-0.05, 0) is 12.1 Å². The second kappa shape index (κ2) is 8.41. The smallest absolute Gasteiger partial charge is 0.273 e. The van der Waals surface area contributed by atoms with Crippen LogP contribution in [-0.4, -0.2) is 57.0 Å². The van der Waals surface area contributed by atoms with Gasteiger partial charge < -0.3 is 20.7 Å². The molecule has 2 heterocycles. The standard InChI is InChI=1S/C20H20F2N8O3/c1-23-19(32)16-13(7-15(27-28-16)26-18(31)11-8-20(11,21)22)25-12-6-4-5-10(17(12)33-3)14-9-24-30(2)29-14/h4-7,9,11H,8H2,1-3H3,(H,23,32)(H2,25,26,27,31)/i1D3. The quantitative estimate of drug-likeness (QED) is 0.486. The first-order valence-electron chi connectivity index (χ1n) is 11.1. The molecule has 172 valence electrons. The molecule has 0 bridgehead atoms. The van der Waals surface area contributed by atoms with Gasteiger partial charge in [-0.3, -0.25) is 9.59 Å². The first-order chi connectivity index (χ1) is 16.9. The molecule has 3 aromatic rings.